The predicted octanol–water partition coefficient (Wildman–Crippen LogP) is 3.55. The van der Waals surface area contributed by atoms with Crippen molar-refractivity contribution in [1.82, 2.24) is 0 Å². The number of rotatable bonds is 7. The summed E-state index contributed by atoms with van der Waals surface area (Å²) in [5, 5.41) is 0. The summed E-state index contributed by atoms with van der Waals surface area (Å²) in [5.41, 5.74) is 7.11. The molecule has 2 N–H and O–H groups in total. The van der Waals surface area contributed by atoms with Crippen molar-refractivity contribution in [2.45, 2.75) is 26.2 Å². The third kappa shape index (κ3) is 5.66. The minimum absolute atomic E-state index is 0.398. The van der Waals surface area contributed by atoms with Crippen LogP contribution in [0.2, 0.25) is 0 Å². The fourth-order valence-electron chi connectivity index (χ4n) is 1.70. The molecule has 0 aliphatic heterocycles. The minimum atomic E-state index is 0.398. The van der Waals surface area contributed by atoms with Gasteiger partial charge in [-0.05, 0) is 42.5 Å². The molecule has 0 saturated carbocycles. The molecular formula is C14H22BrNO. The Labute approximate surface area is 113 Å². The summed E-state index contributed by atoms with van der Waals surface area (Å²) in [4.78, 5) is 0. The van der Waals surface area contributed by atoms with E-state index < -0.39 is 0 Å². The fraction of sp³-hybridized carbons (Fsp3) is 0.571. The Bertz CT molecular complexity index is 311. The summed E-state index contributed by atoms with van der Waals surface area (Å²) < 4.78 is 6.71. The Balaban J connectivity index is 2.40. The van der Waals surface area contributed by atoms with Gasteiger partial charge in [-0.15, -0.1) is 0 Å². The van der Waals surface area contributed by atoms with E-state index in [4.69, 9.17) is 10.5 Å². The van der Waals surface area contributed by atoms with Crippen molar-refractivity contribution in [3.8, 4) is 0 Å². The van der Waals surface area contributed by atoms with E-state index in [2.05, 4.69) is 54.0 Å². The van der Waals surface area contributed by atoms with Gasteiger partial charge in [-0.2, -0.15) is 0 Å². The summed E-state index contributed by atoms with van der Waals surface area (Å²) in [6.07, 6.45) is 0.991. The van der Waals surface area contributed by atoms with Crippen LogP contribution >= 0.6 is 15.9 Å². The Morgan fingerprint density at radius 3 is 2.41 bits per heavy atom. The molecule has 1 aromatic rings. The zero-order valence-corrected chi connectivity index (χ0v) is 12.2. The Hall–Kier alpha value is -0.380. The molecule has 0 spiro atoms. The lowest BCUT2D eigenvalue weighted by Crippen LogP contribution is -2.15. The molecule has 1 unspecified atom stereocenters. The van der Waals surface area contributed by atoms with Gasteiger partial charge in [0.25, 0.3) is 0 Å². The first-order valence-electron chi connectivity index (χ1n) is 6.16. The zero-order chi connectivity index (χ0) is 12.7. The standard InChI is InChI=1S/C14H22BrNO/c1-11(2)10-17-8-7-13(9-16)12-3-5-14(15)6-4-12/h3-6,11,13H,7-10,16H2,1-2H3. The highest BCUT2D eigenvalue weighted by molar-refractivity contribution is 9.10. The van der Waals surface area contributed by atoms with Gasteiger partial charge in [0, 0.05) is 17.7 Å². The molecule has 0 aliphatic rings. The van der Waals surface area contributed by atoms with Crippen LogP contribution in [-0.2, 0) is 4.74 Å². The number of hydrogen-bond donors (Lipinski definition) is 1. The van der Waals surface area contributed by atoms with Gasteiger partial charge in [0.1, 0.15) is 0 Å². The van der Waals surface area contributed by atoms with Gasteiger partial charge in [0.2, 0.25) is 0 Å². The van der Waals surface area contributed by atoms with E-state index in [0.29, 0.717) is 18.4 Å². The van der Waals surface area contributed by atoms with Gasteiger partial charge in [-0.1, -0.05) is 41.9 Å². The molecule has 0 aliphatic carbocycles. The molecule has 0 aromatic heterocycles. The van der Waals surface area contributed by atoms with Gasteiger partial charge in [-0.25, -0.2) is 0 Å². The summed E-state index contributed by atoms with van der Waals surface area (Å²) in [5.74, 6) is 0.995. The van der Waals surface area contributed by atoms with Crippen LogP contribution in [0.3, 0.4) is 0 Å². The normalized spacial score (nSPS) is 13.0. The molecule has 1 atom stereocenters. The second kappa shape index (κ2) is 7.85. The van der Waals surface area contributed by atoms with Crippen molar-refractivity contribution in [2.24, 2.45) is 11.7 Å². The van der Waals surface area contributed by atoms with Crippen LogP contribution in [0, 0.1) is 5.92 Å². The number of halogens is 1. The molecule has 96 valence electrons. The SMILES string of the molecule is CC(C)COCCC(CN)c1ccc(Br)cc1. The number of nitrogens with two attached hydrogens (primary N) is 1. The largest absolute Gasteiger partial charge is 0.381 e. The molecule has 3 heteroatoms. The molecular weight excluding hydrogens is 278 g/mol. The van der Waals surface area contributed by atoms with E-state index >= 15 is 0 Å². The zero-order valence-electron chi connectivity index (χ0n) is 10.7. The molecule has 0 saturated heterocycles. The lowest BCUT2D eigenvalue weighted by atomic mass is 9.96. The molecule has 0 radical (unpaired) electrons. The van der Waals surface area contributed by atoms with E-state index in [0.717, 1.165) is 24.1 Å². The van der Waals surface area contributed by atoms with E-state index in [-0.39, 0.29) is 0 Å². The highest BCUT2D eigenvalue weighted by Gasteiger charge is 2.09. The molecule has 0 bridgehead atoms. The Morgan fingerprint density at radius 2 is 1.88 bits per heavy atom. The lowest BCUT2D eigenvalue weighted by molar-refractivity contribution is 0.104. The topological polar surface area (TPSA) is 35.2 Å². The third-order valence-corrected chi connectivity index (χ3v) is 3.22. The van der Waals surface area contributed by atoms with Crippen LogP contribution in [0.5, 0.6) is 0 Å². The van der Waals surface area contributed by atoms with Crippen LogP contribution < -0.4 is 5.73 Å². The third-order valence-electron chi connectivity index (χ3n) is 2.69. The van der Waals surface area contributed by atoms with Crippen LogP contribution in [0.4, 0.5) is 0 Å². The van der Waals surface area contributed by atoms with Crippen LogP contribution in [0.25, 0.3) is 0 Å². The lowest BCUT2D eigenvalue weighted by Gasteiger charge is -2.16. The summed E-state index contributed by atoms with van der Waals surface area (Å²) in [6, 6.07) is 8.38. The minimum Gasteiger partial charge on any atom is -0.381 e. The first kappa shape index (κ1) is 14.7. The van der Waals surface area contributed by atoms with E-state index in [1.54, 1.807) is 0 Å². The van der Waals surface area contributed by atoms with Crippen molar-refractivity contribution >= 4 is 15.9 Å². The van der Waals surface area contributed by atoms with Gasteiger partial charge >= 0.3 is 0 Å². The molecule has 1 rings (SSSR count). The Morgan fingerprint density at radius 1 is 1.24 bits per heavy atom. The predicted molar refractivity (Wildman–Crippen MR) is 76.2 cm³/mol. The van der Waals surface area contributed by atoms with Gasteiger partial charge in [0.05, 0.1) is 0 Å². The van der Waals surface area contributed by atoms with Crippen molar-refractivity contribution in [1.29, 1.82) is 0 Å². The molecule has 0 fully saturated rings. The molecule has 1 aromatic carbocycles. The Kier molecular flexibility index (Phi) is 6.78. The smallest absolute Gasteiger partial charge is 0.0488 e. The number of benzene rings is 1. The van der Waals surface area contributed by atoms with Gasteiger partial charge in [0.15, 0.2) is 0 Å². The maximum Gasteiger partial charge on any atom is 0.0488 e. The quantitative estimate of drug-likeness (QED) is 0.782. The molecule has 2 nitrogen and oxygen atoms in total. The van der Waals surface area contributed by atoms with Gasteiger partial charge < -0.3 is 10.5 Å². The van der Waals surface area contributed by atoms with Gasteiger partial charge in [-0.3, -0.25) is 0 Å². The molecule has 0 heterocycles. The number of hydrogen-bond acceptors (Lipinski definition) is 2. The fourth-order valence-corrected chi connectivity index (χ4v) is 1.96. The van der Waals surface area contributed by atoms with Crippen molar-refractivity contribution < 1.29 is 4.74 Å². The van der Waals surface area contributed by atoms with Crippen LogP contribution in [0.15, 0.2) is 28.7 Å². The maximum atomic E-state index is 5.82. The highest BCUT2D eigenvalue weighted by Crippen LogP contribution is 2.21. The first-order chi connectivity index (χ1) is 8.13. The summed E-state index contributed by atoms with van der Waals surface area (Å²) in [7, 11) is 0. The number of ether oxygens (including phenoxy) is 1. The average molecular weight is 300 g/mol. The van der Waals surface area contributed by atoms with Crippen molar-refractivity contribution in [2.75, 3.05) is 19.8 Å². The van der Waals surface area contributed by atoms with Crippen molar-refractivity contribution in [3.05, 3.63) is 34.3 Å². The molecule has 17 heavy (non-hydrogen) atoms. The summed E-state index contributed by atoms with van der Waals surface area (Å²) in [6.45, 7) is 6.62. The second-order valence-electron chi connectivity index (χ2n) is 4.74. The van der Waals surface area contributed by atoms with E-state index in [9.17, 15) is 0 Å². The second-order valence-corrected chi connectivity index (χ2v) is 5.66. The monoisotopic (exact) mass is 299 g/mol. The van der Waals surface area contributed by atoms with E-state index in [1.807, 2.05) is 0 Å². The summed E-state index contributed by atoms with van der Waals surface area (Å²) >= 11 is 3.44. The van der Waals surface area contributed by atoms with Crippen molar-refractivity contribution in [3.63, 3.8) is 0 Å². The first-order valence-corrected chi connectivity index (χ1v) is 6.96. The highest BCUT2D eigenvalue weighted by atomic mass is 79.9. The molecule has 0 amide bonds. The van der Waals surface area contributed by atoms with Crippen LogP contribution in [0.1, 0.15) is 31.7 Å². The van der Waals surface area contributed by atoms with E-state index in [1.165, 1.54) is 5.56 Å². The average Bonchev–Trinajstić information content (AvgIpc) is 2.30. The van der Waals surface area contributed by atoms with Crippen LogP contribution in [-0.4, -0.2) is 19.8 Å². The maximum absolute atomic E-state index is 5.82.